The van der Waals surface area contributed by atoms with Gasteiger partial charge in [-0.05, 0) is 23.9 Å². The molecule has 17 heavy (non-hydrogen) atoms. The van der Waals surface area contributed by atoms with E-state index in [9.17, 15) is 9.59 Å². The molecule has 1 aromatic rings. The van der Waals surface area contributed by atoms with Crippen molar-refractivity contribution in [2.75, 3.05) is 7.11 Å². The van der Waals surface area contributed by atoms with Crippen molar-refractivity contribution in [3.63, 3.8) is 0 Å². The molecule has 0 saturated carbocycles. The number of ether oxygens (including phenoxy) is 1. The van der Waals surface area contributed by atoms with Crippen molar-refractivity contribution >= 4 is 23.4 Å². The summed E-state index contributed by atoms with van der Waals surface area (Å²) in [6.07, 6.45) is 0.524. The molecular formula is C10H15N3O3S. The third kappa shape index (κ3) is 4.10. The number of esters is 1. The van der Waals surface area contributed by atoms with Crippen molar-refractivity contribution in [3.05, 3.63) is 11.1 Å². The fourth-order valence-corrected chi connectivity index (χ4v) is 1.76. The summed E-state index contributed by atoms with van der Waals surface area (Å²) in [5.74, 6) is -0.585. The largest absolute Gasteiger partial charge is 0.467 e. The minimum absolute atomic E-state index is 0.215. The van der Waals surface area contributed by atoms with Gasteiger partial charge in [0.25, 0.3) is 5.91 Å². The molecule has 1 aromatic heterocycles. The third-order valence-electron chi connectivity index (χ3n) is 2.09. The number of hydrogen-bond acceptors (Lipinski definition) is 6. The van der Waals surface area contributed by atoms with Gasteiger partial charge in [0.05, 0.1) is 7.11 Å². The lowest BCUT2D eigenvalue weighted by atomic mass is 10.0. The van der Waals surface area contributed by atoms with Gasteiger partial charge in [-0.15, -0.1) is 5.10 Å². The quantitative estimate of drug-likeness (QED) is 0.791. The Kier molecular flexibility index (Phi) is 5.02. The molecule has 0 radical (unpaired) electrons. The second-order valence-electron chi connectivity index (χ2n) is 3.97. The number of carbonyl (C=O) groups is 2. The van der Waals surface area contributed by atoms with E-state index in [0.717, 1.165) is 11.5 Å². The number of nitrogens with zero attached hydrogens (tertiary/aromatic N) is 2. The van der Waals surface area contributed by atoms with Crippen LogP contribution in [0.15, 0.2) is 5.38 Å². The zero-order valence-corrected chi connectivity index (χ0v) is 10.8. The monoisotopic (exact) mass is 257 g/mol. The first-order valence-electron chi connectivity index (χ1n) is 5.20. The molecule has 1 rings (SSSR count). The number of amides is 1. The minimum atomic E-state index is -0.644. The van der Waals surface area contributed by atoms with Crippen LogP contribution < -0.4 is 5.32 Å². The third-order valence-corrected chi connectivity index (χ3v) is 2.60. The number of rotatable bonds is 5. The SMILES string of the molecule is COC(=O)C(CC(C)C)NC(=O)c1csnn1. The molecule has 7 heteroatoms. The Bertz CT molecular complexity index is 378. The van der Waals surface area contributed by atoms with Crippen LogP contribution in [0.3, 0.4) is 0 Å². The van der Waals surface area contributed by atoms with Gasteiger partial charge in [-0.1, -0.05) is 18.3 Å². The average Bonchev–Trinajstić information content (AvgIpc) is 2.79. The fourth-order valence-electron chi connectivity index (χ4n) is 1.32. The van der Waals surface area contributed by atoms with Gasteiger partial charge in [0, 0.05) is 5.38 Å². The molecule has 1 heterocycles. The maximum Gasteiger partial charge on any atom is 0.328 e. The minimum Gasteiger partial charge on any atom is -0.467 e. The van der Waals surface area contributed by atoms with Crippen molar-refractivity contribution < 1.29 is 14.3 Å². The van der Waals surface area contributed by atoms with Crippen LogP contribution in [0, 0.1) is 5.92 Å². The summed E-state index contributed by atoms with van der Waals surface area (Å²) in [6.45, 7) is 3.93. The maximum absolute atomic E-state index is 11.7. The van der Waals surface area contributed by atoms with Crippen molar-refractivity contribution in [2.24, 2.45) is 5.92 Å². The molecule has 1 N–H and O–H groups in total. The molecule has 1 amide bonds. The zero-order chi connectivity index (χ0) is 12.8. The number of methoxy groups -OCH3 is 1. The highest BCUT2D eigenvalue weighted by atomic mass is 32.1. The summed E-state index contributed by atoms with van der Waals surface area (Å²) in [6, 6.07) is -0.644. The van der Waals surface area contributed by atoms with Crippen molar-refractivity contribution in [1.82, 2.24) is 14.9 Å². The lowest BCUT2D eigenvalue weighted by molar-refractivity contribution is -0.143. The second-order valence-corrected chi connectivity index (χ2v) is 4.58. The van der Waals surface area contributed by atoms with Crippen LogP contribution in [-0.4, -0.2) is 34.6 Å². The molecule has 0 aromatic carbocycles. The standard InChI is InChI=1S/C10H15N3O3S/c1-6(2)4-7(10(15)16-3)11-9(14)8-5-17-13-12-8/h5-7H,4H2,1-3H3,(H,11,14). The Balaban J connectivity index is 2.66. The first kappa shape index (κ1) is 13.6. The van der Waals surface area contributed by atoms with Crippen LogP contribution in [0.2, 0.25) is 0 Å². The smallest absolute Gasteiger partial charge is 0.328 e. The number of aromatic nitrogens is 2. The number of carbonyl (C=O) groups excluding carboxylic acids is 2. The van der Waals surface area contributed by atoms with Crippen molar-refractivity contribution in [1.29, 1.82) is 0 Å². The summed E-state index contributed by atoms with van der Waals surface area (Å²) in [7, 11) is 1.30. The Morgan fingerprint density at radius 3 is 2.71 bits per heavy atom. The lowest BCUT2D eigenvalue weighted by Gasteiger charge is -2.17. The molecule has 0 aliphatic rings. The first-order chi connectivity index (χ1) is 8.04. The Morgan fingerprint density at radius 2 is 2.24 bits per heavy atom. The molecule has 0 aliphatic heterocycles. The van der Waals surface area contributed by atoms with Gasteiger partial charge >= 0.3 is 5.97 Å². The van der Waals surface area contributed by atoms with E-state index < -0.39 is 17.9 Å². The highest BCUT2D eigenvalue weighted by molar-refractivity contribution is 7.03. The van der Waals surface area contributed by atoms with E-state index in [-0.39, 0.29) is 11.6 Å². The van der Waals surface area contributed by atoms with Gasteiger partial charge in [0.2, 0.25) is 0 Å². The number of nitrogens with one attached hydrogen (secondary N) is 1. The first-order valence-corrected chi connectivity index (χ1v) is 6.04. The van der Waals surface area contributed by atoms with Crippen LogP contribution in [-0.2, 0) is 9.53 Å². The van der Waals surface area contributed by atoms with Crippen LogP contribution in [0.4, 0.5) is 0 Å². The van der Waals surface area contributed by atoms with Gasteiger partial charge in [-0.3, -0.25) is 4.79 Å². The summed E-state index contributed by atoms with van der Waals surface area (Å²) >= 11 is 1.08. The Morgan fingerprint density at radius 1 is 1.53 bits per heavy atom. The van der Waals surface area contributed by atoms with E-state index in [1.165, 1.54) is 12.5 Å². The second kappa shape index (κ2) is 6.29. The summed E-state index contributed by atoms with van der Waals surface area (Å²) in [4.78, 5) is 23.2. The van der Waals surface area contributed by atoms with E-state index in [2.05, 4.69) is 19.6 Å². The molecule has 0 saturated heterocycles. The lowest BCUT2D eigenvalue weighted by Crippen LogP contribution is -2.42. The molecule has 0 bridgehead atoms. The molecule has 94 valence electrons. The normalized spacial score (nSPS) is 12.2. The van der Waals surface area contributed by atoms with Crippen LogP contribution >= 0.6 is 11.5 Å². The molecule has 0 aliphatic carbocycles. The maximum atomic E-state index is 11.7. The fraction of sp³-hybridized carbons (Fsp3) is 0.600. The Labute approximate surface area is 104 Å². The predicted molar refractivity (Wildman–Crippen MR) is 62.6 cm³/mol. The van der Waals surface area contributed by atoms with Crippen molar-refractivity contribution in [3.8, 4) is 0 Å². The van der Waals surface area contributed by atoms with Crippen LogP contribution in [0.25, 0.3) is 0 Å². The van der Waals surface area contributed by atoms with Gasteiger partial charge < -0.3 is 10.1 Å². The molecule has 1 unspecified atom stereocenters. The number of hydrogen-bond donors (Lipinski definition) is 1. The van der Waals surface area contributed by atoms with E-state index in [1.54, 1.807) is 0 Å². The molecule has 0 spiro atoms. The van der Waals surface area contributed by atoms with Crippen molar-refractivity contribution in [2.45, 2.75) is 26.3 Å². The average molecular weight is 257 g/mol. The highest BCUT2D eigenvalue weighted by Gasteiger charge is 2.23. The summed E-state index contributed by atoms with van der Waals surface area (Å²) < 4.78 is 8.24. The van der Waals surface area contributed by atoms with Gasteiger partial charge in [-0.2, -0.15) is 0 Å². The molecular weight excluding hydrogens is 242 g/mol. The molecule has 0 fully saturated rings. The zero-order valence-electron chi connectivity index (χ0n) is 9.97. The van der Waals surface area contributed by atoms with Gasteiger partial charge in [0.1, 0.15) is 6.04 Å². The highest BCUT2D eigenvalue weighted by Crippen LogP contribution is 2.07. The molecule has 6 nitrogen and oxygen atoms in total. The van der Waals surface area contributed by atoms with E-state index in [0.29, 0.717) is 6.42 Å². The molecule has 1 atom stereocenters. The van der Waals surface area contributed by atoms with Crippen LogP contribution in [0.1, 0.15) is 30.8 Å². The Hall–Kier alpha value is -1.50. The summed E-state index contributed by atoms with van der Waals surface area (Å²) in [5, 5.41) is 7.76. The predicted octanol–water partition coefficient (Wildman–Crippen LogP) is 0.856. The summed E-state index contributed by atoms with van der Waals surface area (Å²) in [5.41, 5.74) is 0.215. The van der Waals surface area contributed by atoms with E-state index >= 15 is 0 Å². The van der Waals surface area contributed by atoms with E-state index in [4.69, 9.17) is 0 Å². The van der Waals surface area contributed by atoms with Gasteiger partial charge in [0.15, 0.2) is 5.69 Å². The van der Waals surface area contributed by atoms with E-state index in [1.807, 2.05) is 13.8 Å². The van der Waals surface area contributed by atoms with Crippen LogP contribution in [0.5, 0.6) is 0 Å². The topological polar surface area (TPSA) is 81.2 Å². The van der Waals surface area contributed by atoms with Gasteiger partial charge in [-0.25, -0.2) is 4.79 Å².